The molecule has 0 spiro atoms. The standard InChI is InChI=1S/C20H29NO6/c1-19(2,3)27-18(22)21-14-11-24-15(12-23-13-9-7-6-8-10-13)17-16(14)25-20(4,5)26-17/h6-10,14-17H,11-12H2,1-5H3,(H,21,22)/t14-,15+,16+,17-/m0/s1. The number of carbonyl (C=O) groups is 1. The SMILES string of the molecule is CC(C)(C)OC(=O)N[C@H]1CO[C@H](COc2ccccc2)[C@@H]2OC(C)(C)O[C@@H]21. The number of amides is 1. The molecule has 2 heterocycles. The molecule has 0 aliphatic carbocycles. The van der Waals surface area contributed by atoms with E-state index in [-0.39, 0.29) is 24.4 Å². The maximum absolute atomic E-state index is 12.2. The van der Waals surface area contributed by atoms with Crippen molar-refractivity contribution in [2.45, 2.75) is 70.4 Å². The Hall–Kier alpha value is -1.83. The highest BCUT2D eigenvalue weighted by molar-refractivity contribution is 5.68. The number of alkyl carbamates (subject to hydrolysis) is 1. The molecule has 0 radical (unpaired) electrons. The number of para-hydroxylation sites is 1. The highest BCUT2D eigenvalue weighted by Gasteiger charge is 2.52. The Morgan fingerprint density at radius 2 is 1.85 bits per heavy atom. The second-order valence-electron chi connectivity index (χ2n) is 8.31. The molecule has 7 nitrogen and oxygen atoms in total. The minimum Gasteiger partial charge on any atom is -0.491 e. The molecule has 1 aromatic carbocycles. The van der Waals surface area contributed by atoms with Gasteiger partial charge < -0.3 is 29.0 Å². The van der Waals surface area contributed by atoms with Crippen LogP contribution in [0, 0.1) is 0 Å². The molecule has 150 valence electrons. The van der Waals surface area contributed by atoms with Gasteiger partial charge in [-0.3, -0.25) is 0 Å². The Bertz CT molecular complexity index is 642. The van der Waals surface area contributed by atoms with Crippen molar-refractivity contribution in [3.05, 3.63) is 30.3 Å². The predicted molar refractivity (Wildman–Crippen MR) is 98.7 cm³/mol. The van der Waals surface area contributed by atoms with E-state index in [4.69, 9.17) is 23.7 Å². The predicted octanol–water partition coefficient (Wildman–Crippen LogP) is 2.88. The minimum absolute atomic E-state index is 0.294. The lowest BCUT2D eigenvalue weighted by molar-refractivity contribution is -0.156. The first-order valence-corrected chi connectivity index (χ1v) is 9.28. The Morgan fingerprint density at radius 3 is 2.52 bits per heavy atom. The van der Waals surface area contributed by atoms with Gasteiger partial charge in [-0.05, 0) is 46.8 Å². The molecule has 7 heteroatoms. The highest BCUT2D eigenvalue weighted by atomic mass is 16.8. The number of hydrogen-bond acceptors (Lipinski definition) is 6. The number of fused-ring (bicyclic) bond motifs is 1. The first-order valence-electron chi connectivity index (χ1n) is 9.28. The van der Waals surface area contributed by atoms with E-state index in [2.05, 4.69) is 5.32 Å². The molecule has 2 fully saturated rings. The van der Waals surface area contributed by atoms with E-state index in [9.17, 15) is 4.79 Å². The molecule has 0 aromatic heterocycles. The lowest BCUT2D eigenvalue weighted by Gasteiger charge is -2.37. The van der Waals surface area contributed by atoms with Gasteiger partial charge in [0.1, 0.15) is 36.3 Å². The van der Waals surface area contributed by atoms with Crippen molar-refractivity contribution < 1.29 is 28.5 Å². The second-order valence-corrected chi connectivity index (χ2v) is 8.31. The Morgan fingerprint density at radius 1 is 1.19 bits per heavy atom. The van der Waals surface area contributed by atoms with Crippen molar-refractivity contribution in [3.63, 3.8) is 0 Å². The van der Waals surface area contributed by atoms with E-state index in [1.807, 2.05) is 65.0 Å². The Labute approximate surface area is 160 Å². The van der Waals surface area contributed by atoms with Crippen molar-refractivity contribution in [3.8, 4) is 5.75 Å². The molecule has 1 aromatic rings. The summed E-state index contributed by atoms with van der Waals surface area (Å²) in [6.45, 7) is 9.80. The molecule has 3 rings (SSSR count). The van der Waals surface area contributed by atoms with Gasteiger partial charge >= 0.3 is 6.09 Å². The maximum atomic E-state index is 12.2. The Kier molecular flexibility index (Phi) is 5.65. The lowest BCUT2D eigenvalue weighted by atomic mass is 9.98. The smallest absolute Gasteiger partial charge is 0.408 e. The summed E-state index contributed by atoms with van der Waals surface area (Å²) < 4.78 is 29.2. The maximum Gasteiger partial charge on any atom is 0.408 e. The fourth-order valence-corrected chi connectivity index (χ4v) is 3.25. The summed E-state index contributed by atoms with van der Waals surface area (Å²) in [5.41, 5.74) is -0.572. The fourth-order valence-electron chi connectivity index (χ4n) is 3.25. The van der Waals surface area contributed by atoms with Crippen molar-refractivity contribution in [1.29, 1.82) is 0 Å². The molecule has 0 saturated carbocycles. The molecular weight excluding hydrogens is 350 g/mol. The van der Waals surface area contributed by atoms with E-state index >= 15 is 0 Å². The van der Waals surface area contributed by atoms with Crippen LogP contribution in [0.4, 0.5) is 4.79 Å². The molecule has 4 atom stereocenters. The normalized spacial score (nSPS) is 29.7. The van der Waals surface area contributed by atoms with Gasteiger partial charge in [-0.25, -0.2) is 4.79 Å². The lowest BCUT2D eigenvalue weighted by Crippen LogP contribution is -2.59. The van der Waals surface area contributed by atoms with Crippen LogP contribution < -0.4 is 10.1 Å². The highest BCUT2D eigenvalue weighted by Crippen LogP contribution is 2.35. The third-order valence-corrected chi connectivity index (χ3v) is 4.28. The third kappa shape index (κ3) is 5.34. The molecule has 0 bridgehead atoms. The van der Waals surface area contributed by atoms with Crippen LogP contribution in [0.2, 0.25) is 0 Å². The summed E-state index contributed by atoms with van der Waals surface area (Å²) in [6.07, 6.45) is -1.49. The summed E-state index contributed by atoms with van der Waals surface area (Å²) in [5, 5.41) is 2.85. The van der Waals surface area contributed by atoms with E-state index in [0.29, 0.717) is 13.2 Å². The van der Waals surface area contributed by atoms with Crippen LogP contribution in [0.1, 0.15) is 34.6 Å². The van der Waals surface area contributed by atoms with E-state index in [0.717, 1.165) is 5.75 Å². The molecule has 27 heavy (non-hydrogen) atoms. The van der Waals surface area contributed by atoms with Crippen LogP contribution >= 0.6 is 0 Å². The number of carbonyl (C=O) groups excluding carboxylic acids is 1. The van der Waals surface area contributed by atoms with Crippen LogP contribution in [-0.2, 0) is 18.9 Å². The topological polar surface area (TPSA) is 75.3 Å². The number of rotatable bonds is 4. The zero-order chi connectivity index (χ0) is 19.7. The number of ether oxygens (including phenoxy) is 5. The molecule has 0 unspecified atom stereocenters. The van der Waals surface area contributed by atoms with Gasteiger partial charge in [-0.15, -0.1) is 0 Å². The van der Waals surface area contributed by atoms with Gasteiger partial charge in [0.05, 0.1) is 12.6 Å². The van der Waals surface area contributed by atoms with Crippen LogP contribution in [0.3, 0.4) is 0 Å². The van der Waals surface area contributed by atoms with Gasteiger partial charge in [-0.2, -0.15) is 0 Å². The summed E-state index contributed by atoms with van der Waals surface area (Å²) in [5.74, 6) is 0.00635. The quantitative estimate of drug-likeness (QED) is 0.867. The van der Waals surface area contributed by atoms with Crippen molar-refractivity contribution >= 4 is 6.09 Å². The zero-order valence-electron chi connectivity index (χ0n) is 16.6. The van der Waals surface area contributed by atoms with Crippen LogP contribution in [0.15, 0.2) is 30.3 Å². The van der Waals surface area contributed by atoms with Gasteiger partial charge in [0.15, 0.2) is 5.79 Å². The Balaban J connectivity index is 1.64. The average molecular weight is 379 g/mol. The molecule has 1 N–H and O–H groups in total. The van der Waals surface area contributed by atoms with E-state index < -0.39 is 17.5 Å². The van der Waals surface area contributed by atoms with Crippen LogP contribution in [0.5, 0.6) is 5.75 Å². The van der Waals surface area contributed by atoms with Gasteiger partial charge in [0.25, 0.3) is 0 Å². The van der Waals surface area contributed by atoms with E-state index in [1.165, 1.54) is 0 Å². The summed E-state index contributed by atoms with van der Waals surface area (Å²) in [4.78, 5) is 12.2. The average Bonchev–Trinajstić information content (AvgIpc) is 2.89. The zero-order valence-corrected chi connectivity index (χ0v) is 16.6. The first-order chi connectivity index (χ1) is 12.6. The summed E-state index contributed by atoms with van der Waals surface area (Å²) in [6, 6.07) is 9.19. The van der Waals surface area contributed by atoms with Crippen molar-refractivity contribution in [2.24, 2.45) is 0 Å². The minimum atomic E-state index is -0.762. The van der Waals surface area contributed by atoms with Gasteiger partial charge in [0.2, 0.25) is 0 Å². The largest absolute Gasteiger partial charge is 0.491 e. The number of nitrogens with one attached hydrogen (secondary N) is 1. The van der Waals surface area contributed by atoms with Crippen molar-refractivity contribution in [1.82, 2.24) is 5.32 Å². The van der Waals surface area contributed by atoms with Crippen molar-refractivity contribution in [2.75, 3.05) is 13.2 Å². The number of hydrogen-bond donors (Lipinski definition) is 1. The molecule has 2 aliphatic rings. The number of benzene rings is 1. The molecule has 2 saturated heterocycles. The first kappa shape index (κ1) is 19.9. The van der Waals surface area contributed by atoms with Gasteiger partial charge in [0, 0.05) is 0 Å². The molecule has 2 aliphatic heterocycles. The summed E-state index contributed by atoms with van der Waals surface area (Å²) in [7, 11) is 0. The monoisotopic (exact) mass is 379 g/mol. The molecular formula is C20H29NO6. The van der Waals surface area contributed by atoms with Gasteiger partial charge in [-0.1, -0.05) is 18.2 Å². The summed E-state index contributed by atoms with van der Waals surface area (Å²) >= 11 is 0. The van der Waals surface area contributed by atoms with E-state index in [1.54, 1.807) is 0 Å². The third-order valence-electron chi connectivity index (χ3n) is 4.28. The molecule has 1 amide bonds. The van der Waals surface area contributed by atoms with Crippen LogP contribution in [0.25, 0.3) is 0 Å². The fraction of sp³-hybridized carbons (Fsp3) is 0.650. The second kappa shape index (κ2) is 7.66. The van der Waals surface area contributed by atoms with Crippen LogP contribution in [-0.4, -0.2) is 55.0 Å².